The number of para-hydroxylation sites is 4. The van der Waals surface area contributed by atoms with Gasteiger partial charge in [-0.3, -0.25) is 28.8 Å². The van der Waals surface area contributed by atoms with Crippen LogP contribution in [-0.2, 0) is 75.3 Å². The first-order valence-corrected chi connectivity index (χ1v) is 34.2. The van der Waals surface area contributed by atoms with E-state index in [0.717, 1.165) is 115 Å². The number of aromatic amines is 4. The summed E-state index contributed by atoms with van der Waals surface area (Å²) in [4.78, 5) is 124. The van der Waals surface area contributed by atoms with Crippen LogP contribution in [0, 0.1) is 17.8 Å². The lowest BCUT2D eigenvalue weighted by atomic mass is 9.91. The summed E-state index contributed by atoms with van der Waals surface area (Å²) < 4.78 is 0. The van der Waals surface area contributed by atoms with Crippen molar-refractivity contribution in [3.63, 3.8) is 0 Å². The van der Waals surface area contributed by atoms with Gasteiger partial charge in [0.05, 0.1) is 18.1 Å². The van der Waals surface area contributed by atoms with Crippen LogP contribution in [-0.4, -0.2) is 104 Å². The number of hydrogen-bond donors (Lipinski definition) is 7. The molecule has 93 heavy (non-hydrogen) atoms. The normalized spacial score (nSPS) is 13.1. The summed E-state index contributed by atoms with van der Waals surface area (Å²) in [7, 11) is 0. The minimum atomic E-state index is -0.674. The second-order valence-electron chi connectivity index (χ2n) is 24.1. The third-order valence-corrected chi connectivity index (χ3v) is 17.6. The van der Waals surface area contributed by atoms with Gasteiger partial charge in [-0.15, -0.1) is 0 Å². The number of thioether (sulfide) groups is 1. The topological polar surface area (TPSA) is 253 Å². The Kier molecular flexibility index (Phi) is 29.3. The highest BCUT2D eigenvalue weighted by Crippen LogP contribution is 2.27. The number of Topliss-reactive ketones (excluding diaryl/α,β-unsaturated/α-hetero) is 3. The van der Waals surface area contributed by atoms with E-state index in [1.165, 1.54) is 12.8 Å². The van der Waals surface area contributed by atoms with Crippen molar-refractivity contribution >= 4 is 109 Å². The van der Waals surface area contributed by atoms with Crippen molar-refractivity contribution in [2.24, 2.45) is 17.8 Å². The Hall–Kier alpha value is -8.96. The quantitative estimate of drug-likeness (QED) is 0.0143. The number of benzene rings is 5. The predicted molar refractivity (Wildman–Crippen MR) is 373 cm³/mol. The zero-order chi connectivity index (χ0) is 66.3. The minimum Gasteiger partial charge on any atom is -0.361 e. The SMILES string of the molecule is CCC(=O)NC(Cc1c[nH]c2ccccc12)C(=O)CC(C=O)Cc1c[nH]c2ccccc12.CCCC(=O)NC(Cc1c[nH]c2ccccc12)C(=O)CC(C=O)Cc1c[nH]c2ccccc12.CCCCCCCC(=O)NC(CCSC)C(=O)CC(C=O)Cc1ccccc1. The molecule has 0 radical (unpaired) electrons. The highest BCUT2D eigenvalue weighted by Gasteiger charge is 2.28. The Morgan fingerprint density at radius 2 is 0.774 bits per heavy atom. The van der Waals surface area contributed by atoms with Crippen molar-refractivity contribution in [1.82, 2.24) is 35.9 Å². The molecule has 9 rings (SSSR count). The maximum atomic E-state index is 13.3. The third kappa shape index (κ3) is 22.1. The van der Waals surface area contributed by atoms with Crippen molar-refractivity contribution in [1.29, 1.82) is 0 Å². The highest BCUT2D eigenvalue weighted by molar-refractivity contribution is 7.98. The van der Waals surface area contributed by atoms with E-state index in [1.807, 2.05) is 165 Å². The first kappa shape index (κ1) is 71.5. The van der Waals surface area contributed by atoms with E-state index in [0.29, 0.717) is 64.2 Å². The van der Waals surface area contributed by atoms with Gasteiger partial charge in [0.1, 0.15) is 18.9 Å². The van der Waals surface area contributed by atoms with E-state index in [-0.39, 0.29) is 60.3 Å². The van der Waals surface area contributed by atoms with Gasteiger partial charge in [-0.25, -0.2) is 0 Å². The number of ketones is 3. The van der Waals surface area contributed by atoms with Gasteiger partial charge < -0.3 is 50.3 Å². The van der Waals surface area contributed by atoms with Crippen LogP contribution in [0.25, 0.3) is 43.6 Å². The number of amides is 3. The van der Waals surface area contributed by atoms with Crippen LogP contribution >= 0.6 is 11.8 Å². The van der Waals surface area contributed by atoms with E-state index < -0.39 is 30.0 Å². The molecule has 5 aromatic carbocycles. The van der Waals surface area contributed by atoms with Gasteiger partial charge in [0.25, 0.3) is 0 Å². The highest BCUT2D eigenvalue weighted by atomic mass is 32.2. The number of fused-ring (bicyclic) bond motifs is 4. The van der Waals surface area contributed by atoms with E-state index in [4.69, 9.17) is 0 Å². The van der Waals surface area contributed by atoms with Crippen LogP contribution in [0.15, 0.2) is 152 Å². The number of aldehydes is 3. The number of carbonyl (C=O) groups excluding carboxylic acids is 9. The summed E-state index contributed by atoms with van der Waals surface area (Å²) in [5.74, 6) is -1.12. The van der Waals surface area contributed by atoms with Gasteiger partial charge in [0, 0.05) is 138 Å². The smallest absolute Gasteiger partial charge is 0.220 e. The maximum Gasteiger partial charge on any atom is 0.220 e. The molecular weight excluding hydrogens is 1190 g/mol. The van der Waals surface area contributed by atoms with Crippen LogP contribution in [0.3, 0.4) is 0 Å². The molecule has 6 atom stereocenters. The van der Waals surface area contributed by atoms with Crippen LogP contribution < -0.4 is 16.0 Å². The maximum absolute atomic E-state index is 13.3. The summed E-state index contributed by atoms with van der Waals surface area (Å²) in [6.07, 6.45) is 22.6. The molecule has 6 unspecified atom stereocenters. The molecule has 0 aliphatic carbocycles. The summed E-state index contributed by atoms with van der Waals surface area (Å²) in [6.45, 7) is 5.85. The number of unbranched alkanes of at least 4 members (excludes halogenated alkanes) is 4. The number of rotatable bonds is 37. The van der Waals surface area contributed by atoms with Crippen LogP contribution in [0.2, 0.25) is 0 Å². The molecule has 17 heteroatoms. The van der Waals surface area contributed by atoms with Gasteiger partial charge in [0.15, 0.2) is 17.3 Å². The van der Waals surface area contributed by atoms with Gasteiger partial charge in [0.2, 0.25) is 17.7 Å². The lowest BCUT2D eigenvalue weighted by Crippen LogP contribution is -2.43. The van der Waals surface area contributed by atoms with Crippen molar-refractivity contribution in [3.05, 3.63) is 180 Å². The lowest BCUT2D eigenvalue weighted by Gasteiger charge is -2.19. The van der Waals surface area contributed by atoms with Gasteiger partial charge >= 0.3 is 0 Å². The lowest BCUT2D eigenvalue weighted by molar-refractivity contribution is -0.129. The zero-order valence-corrected chi connectivity index (χ0v) is 55.0. The Bertz CT molecular complexity index is 3860. The van der Waals surface area contributed by atoms with Crippen LogP contribution in [0.1, 0.15) is 132 Å². The standard InChI is InChI=1S/C27H29N3O3.C26H27N3O3.C23H35NO3S/c1-2-7-27(33)30-25(14-20-16-29-24-11-6-4-9-22(20)24)26(32)13-18(17-31)12-19-15-28-23-10-5-3-8-21(19)23;1-2-26(32)29-24(13-19-15-28-23-10-6-4-8-21(19)23)25(31)12-17(16-30)11-18-14-27-22-9-5-3-7-20(18)22;1-3-4-5-6-10-13-23(27)24-21(14-15-28-2)22(26)17-20(18-25)16-19-11-8-7-9-12-19/h3-6,8-11,15-18,25,28-29H,2,7,12-14H2,1H3,(H,30,33);3-10,14-17,24,27-28H,2,11-13H2,1H3,(H,29,32);7-9,11-12,18,20-21H,3-6,10,13-17H2,1-2H3,(H,24,27). The molecule has 7 N–H and O–H groups in total. The van der Waals surface area contributed by atoms with Crippen molar-refractivity contribution < 1.29 is 43.2 Å². The molecule has 4 aromatic heterocycles. The van der Waals surface area contributed by atoms with E-state index in [1.54, 1.807) is 18.7 Å². The molecule has 16 nitrogen and oxygen atoms in total. The molecule has 0 spiro atoms. The number of carbonyl (C=O) groups is 9. The van der Waals surface area contributed by atoms with Crippen LogP contribution in [0.4, 0.5) is 0 Å². The fourth-order valence-corrected chi connectivity index (χ4v) is 12.3. The largest absolute Gasteiger partial charge is 0.361 e. The van der Waals surface area contributed by atoms with Crippen molar-refractivity contribution in [2.45, 2.75) is 154 Å². The van der Waals surface area contributed by atoms with E-state index >= 15 is 0 Å². The third-order valence-electron chi connectivity index (χ3n) is 16.9. The number of hydrogen-bond acceptors (Lipinski definition) is 10. The molecule has 4 heterocycles. The molecule has 0 saturated carbocycles. The molecule has 0 bridgehead atoms. The summed E-state index contributed by atoms with van der Waals surface area (Å²) in [5.41, 5.74) is 9.00. The first-order chi connectivity index (χ1) is 45.3. The molecule has 490 valence electrons. The Morgan fingerprint density at radius 3 is 1.18 bits per heavy atom. The Balaban J connectivity index is 0.000000199. The monoisotopic (exact) mass is 1280 g/mol. The fourth-order valence-electron chi connectivity index (χ4n) is 11.8. The number of nitrogens with one attached hydrogen (secondary N) is 7. The number of aromatic nitrogens is 4. The zero-order valence-electron chi connectivity index (χ0n) is 54.1. The average molecular weight is 1280 g/mol. The van der Waals surface area contributed by atoms with Gasteiger partial charge in [-0.05, 0) is 103 Å². The Labute approximate surface area is 549 Å². The molecule has 0 aliphatic rings. The number of H-pyrrole nitrogens is 4. The summed E-state index contributed by atoms with van der Waals surface area (Å²) in [5, 5.41) is 12.9. The van der Waals surface area contributed by atoms with Gasteiger partial charge in [-0.2, -0.15) is 11.8 Å². The molecule has 0 fully saturated rings. The molecular formula is C76H91N7O9S. The molecule has 3 amide bonds. The minimum absolute atomic E-state index is 0.0404. The first-order valence-electron chi connectivity index (χ1n) is 32.8. The van der Waals surface area contributed by atoms with E-state index in [2.05, 4.69) is 42.8 Å². The van der Waals surface area contributed by atoms with Crippen molar-refractivity contribution in [2.75, 3.05) is 12.0 Å². The van der Waals surface area contributed by atoms with Crippen LogP contribution in [0.5, 0.6) is 0 Å². The second kappa shape index (κ2) is 38.1. The molecule has 0 saturated heterocycles. The van der Waals surface area contributed by atoms with Gasteiger partial charge in [-0.1, -0.05) is 150 Å². The summed E-state index contributed by atoms with van der Waals surface area (Å²) in [6, 6.07) is 39.5. The average Bonchev–Trinajstić information content (AvgIpc) is 2.24. The molecule has 0 aliphatic heterocycles. The Morgan fingerprint density at radius 1 is 0.409 bits per heavy atom. The van der Waals surface area contributed by atoms with E-state index in [9.17, 15) is 43.2 Å². The summed E-state index contributed by atoms with van der Waals surface area (Å²) >= 11 is 1.66. The fraction of sp³-hybridized carbons (Fsp3) is 0.382. The van der Waals surface area contributed by atoms with Crippen molar-refractivity contribution in [3.8, 4) is 0 Å². The predicted octanol–water partition coefficient (Wildman–Crippen LogP) is 13.2. The second-order valence-corrected chi connectivity index (χ2v) is 25.0. The molecule has 9 aromatic rings.